The largest absolute Gasteiger partial charge is 0.449 e. The van der Waals surface area contributed by atoms with Crippen molar-refractivity contribution in [2.75, 3.05) is 4.90 Å². The normalized spacial score (nSPS) is 18.7. The van der Waals surface area contributed by atoms with Crippen molar-refractivity contribution in [1.29, 1.82) is 0 Å². The molecule has 0 spiro atoms. The fourth-order valence-electron chi connectivity index (χ4n) is 1.35. The summed E-state index contributed by atoms with van der Waals surface area (Å²) in [6, 6.07) is 9.23. The Hall–Kier alpha value is -2.02. The summed E-state index contributed by atoms with van der Waals surface area (Å²) in [5.41, 5.74) is 0.478. The quantitative estimate of drug-likeness (QED) is 0.603. The summed E-state index contributed by atoms with van der Waals surface area (Å²) in [6.45, 7) is 1.58. The lowest BCUT2D eigenvalue weighted by Gasteiger charge is -2.26. The first-order chi connectivity index (χ1) is 7.24. The van der Waals surface area contributed by atoms with Gasteiger partial charge in [-0.25, -0.2) is 4.90 Å². The van der Waals surface area contributed by atoms with Crippen molar-refractivity contribution >= 4 is 11.6 Å². The first kappa shape index (κ1) is 9.53. The van der Waals surface area contributed by atoms with Gasteiger partial charge in [0.25, 0.3) is 0 Å². The molecule has 1 atom stereocenters. The van der Waals surface area contributed by atoms with Gasteiger partial charge in [0.1, 0.15) is 5.75 Å². The van der Waals surface area contributed by atoms with Crippen LogP contribution in [0, 0.1) is 12.0 Å². The Kier molecular flexibility index (Phi) is 2.30. The van der Waals surface area contributed by atoms with Crippen LogP contribution >= 0.6 is 0 Å². The number of anilines is 1. The molecular weight excluding hydrogens is 197 g/mol. The highest BCUT2D eigenvalue weighted by atomic mass is 19.1. The average Bonchev–Trinajstić information content (AvgIpc) is 2.25. The van der Waals surface area contributed by atoms with Crippen LogP contribution in [0.4, 0.5) is 10.1 Å². The highest BCUT2D eigenvalue weighted by Gasteiger charge is 2.33. The van der Waals surface area contributed by atoms with Gasteiger partial charge in [0, 0.05) is 6.04 Å². The lowest BCUT2D eigenvalue weighted by molar-refractivity contribution is -0.133. The molecule has 15 heavy (non-hydrogen) atoms. The number of nitrogens with zero attached hydrogens (tertiary/aromatic N) is 1. The van der Waals surface area contributed by atoms with Gasteiger partial charge in [0.2, 0.25) is 0 Å². The van der Waals surface area contributed by atoms with E-state index in [0.717, 1.165) is 4.90 Å². The maximum Gasteiger partial charge on any atom is 0.318 e. The van der Waals surface area contributed by atoms with Crippen LogP contribution in [0.25, 0.3) is 0 Å². The molecule has 0 aliphatic carbocycles. The number of para-hydroxylation sites is 2. The van der Waals surface area contributed by atoms with E-state index in [1.54, 1.807) is 31.2 Å². The summed E-state index contributed by atoms with van der Waals surface area (Å²) in [7, 11) is 0. The minimum absolute atomic E-state index is 0.326. The van der Waals surface area contributed by atoms with Gasteiger partial charge in [-0.1, -0.05) is 18.1 Å². The molecule has 0 saturated carbocycles. The number of rotatable bonds is 0. The second kappa shape index (κ2) is 3.62. The minimum Gasteiger partial charge on any atom is -0.449 e. The molecule has 0 bridgehead atoms. The average molecular weight is 205 g/mol. The third-order valence-corrected chi connectivity index (χ3v) is 1.97. The summed E-state index contributed by atoms with van der Waals surface area (Å²) >= 11 is 0. The van der Waals surface area contributed by atoms with Crippen LogP contribution in [-0.4, -0.2) is 12.3 Å². The van der Waals surface area contributed by atoms with Crippen LogP contribution < -0.4 is 9.64 Å². The molecule has 1 heterocycles. The van der Waals surface area contributed by atoms with E-state index in [1.165, 1.54) is 0 Å². The molecule has 3 nitrogen and oxygen atoms in total. The van der Waals surface area contributed by atoms with Gasteiger partial charge >= 0.3 is 12.3 Å². The van der Waals surface area contributed by atoms with Crippen LogP contribution in [0.2, 0.25) is 0 Å². The summed E-state index contributed by atoms with van der Waals surface area (Å²) in [5, 5.41) is 0. The maximum atomic E-state index is 13.1. The molecule has 1 aromatic carbocycles. The Labute approximate surface area is 86.4 Å². The van der Waals surface area contributed by atoms with Crippen molar-refractivity contribution in [2.45, 2.75) is 13.3 Å². The fourth-order valence-corrected chi connectivity index (χ4v) is 1.35. The molecule has 2 rings (SSSR count). The number of ether oxygens (including phenoxy) is 1. The first-order valence-corrected chi connectivity index (χ1v) is 4.40. The summed E-state index contributed by atoms with van der Waals surface area (Å²) in [4.78, 5) is 12.5. The van der Waals surface area contributed by atoms with Crippen molar-refractivity contribution in [3.8, 4) is 17.7 Å². The van der Waals surface area contributed by atoms with E-state index >= 15 is 0 Å². The SMILES string of the molecule is CC#CN1C(=O)C(F)Oc2ccccc21. The zero-order chi connectivity index (χ0) is 10.8. The number of hydrogen-bond donors (Lipinski definition) is 0. The number of halogens is 1. The van der Waals surface area contributed by atoms with E-state index < -0.39 is 12.3 Å². The van der Waals surface area contributed by atoms with Crippen molar-refractivity contribution in [1.82, 2.24) is 0 Å². The second-order valence-corrected chi connectivity index (χ2v) is 2.94. The lowest BCUT2D eigenvalue weighted by atomic mass is 10.2. The van der Waals surface area contributed by atoms with E-state index in [1.807, 2.05) is 0 Å². The maximum absolute atomic E-state index is 13.1. The smallest absolute Gasteiger partial charge is 0.318 e. The zero-order valence-electron chi connectivity index (χ0n) is 8.03. The van der Waals surface area contributed by atoms with E-state index in [0.29, 0.717) is 11.4 Å². The Bertz CT molecular complexity index is 461. The van der Waals surface area contributed by atoms with E-state index in [9.17, 15) is 9.18 Å². The Morgan fingerprint density at radius 1 is 1.47 bits per heavy atom. The van der Waals surface area contributed by atoms with Gasteiger partial charge in [-0.2, -0.15) is 4.39 Å². The van der Waals surface area contributed by atoms with Crippen LogP contribution in [-0.2, 0) is 4.79 Å². The molecule has 1 aliphatic rings. The molecule has 76 valence electrons. The molecule has 0 fully saturated rings. The number of alkyl halides is 1. The van der Waals surface area contributed by atoms with E-state index in [-0.39, 0.29) is 0 Å². The highest BCUT2D eigenvalue weighted by Crippen LogP contribution is 2.33. The Morgan fingerprint density at radius 2 is 2.20 bits per heavy atom. The molecule has 0 N–H and O–H groups in total. The fraction of sp³-hybridized carbons (Fsp3) is 0.182. The number of hydrogen-bond acceptors (Lipinski definition) is 2. The predicted molar refractivity (Wildman–Crippen MR) is 52.9 cm³/mol. The first-order valence-electron chi connectivity index (χ1n) is 4.40. The molecule has 0 aromatic heterocycles. The number of carbonyl (C=O) groups is 1. The summed E-state index contributed by atoms with van der Waals surface area (Å²) in [5.74, 6) is 2.10. The van der Waals surface area contributed by atoms with Gasteiger partial charge < -0.3 is 4.74 Å². The molecule has 1 aromatic rings. The topological polar surface area (TPSA) is 29.5 Å². The molecule has 1 amide bonds. The van der Waals surface area contributed by atoms with Crippen LogP contribution in [0.5, 0.6) is 5.75 Å². The number of fused-ring (bicyclic) bond motifs is 1. The standard InChI is InChI=1S/C11H8FNO2/c1-2-7-13-8-5-3-4-6-9(8)15-10(12)11(13)14/h3-6,10H,1H3. The Balaban J connectivity index is 2.52. The van der Waals surface area contributed by atoms with E-state index in [4.69, 9.17) is 4.74 Å². The van der Waals surface area contributed by atoms with Crippen molar-refractivity contribution in [3.63, 3.8) is 0 Å². The molecule has 4 heteroatoms. The molecule has 0 saturated heterocycles. The lowest BCUT2D eigenvalue weighted by Crippen LogP contribution is -2.40. The zero-order valence-corrected chi connectivity index (χ0v) is 8.03. The molecular formula is C11H8FNO2. The number of benzene rings is 1. The minimum atomic E-state index is -1.97. The van der Waals surface area contributed by atoms with Gasteiger partial charge in [0.05, 0.1) is 5.69 Å². The van der Waals surface area contributed by atoms with Gasteiger partial charge in [-0.3, -0.25) is 4.79 Å². The number of amides is 1. The second-order valence-electron chi connectivity index (χ2n) is 2.94. The third kappa shape index (κ3) is 1.52. The van der Waals surface area contributed by atoms with Crippen molar-refractivity contribution in [2.24, 2.45) is 0 Å². The van der Waals surface area contributed by atoms with Crippen LogP contribution in [0.3, 0.4) is 0 Å². The van der Waals surface area contributed by atoms with Gasteiger partial charge in [-0.05, 0) is 19.1 Å². The number of carbonyl (C=O) groups excluding carboxylic acids is 1. The van der Waals surface area contributed by atoms with E-state index in [2.05, 4.69) is 12.0 Å². The monoisotopic (exact) mass is 205 g/mol. The summed E-state index contributed by atoms with van der Waals surface area (Å²) < 4.78 is 17.9. The van der Waals surface area contributed by atoms with Crippen molar-refractivity contribution < 1.29 is 13.9 Å². The molecule has 1 unspecified atom stereocenters. The van der Waals surface area contributed by atoms with Gasteiger partial charge in [-0.15, -0.1) is 0 Å². The molecule has 1 aliphatic heterocycles. The van der Waals surface area contributed by atoms with Crippen molar-refractivity contribution in [3.05, 3.63) is 24.3 Å². The Morgan fingerprint density at radius 3 is 2.93 bits per heavy atom. The molecule has 0 radical (unpaired) electrons. The van der Waals surface area contributed by atoms with Crippen LogP contribution in [0.15, 0.2) is 24.3 Å². The predicted octanol–water partition coefficient (Wildman–Crippen LogP) is 1.69. The third-order valence-electron chi connectivity index (χ3n) is 1.97. The van der Waals surface area contributed by atoms with Crippen LogP contribution in [0.1, 0.15) is 6.92 Å². The van der Waals surface area contributed by atoms with Gasteiger partial charge in [0.15, 0.2) is 0 Å². The highest BCUT2D eigenvalue weighted by molar-refractivity contribution is 6.01. The summed E-state index contributed by atoms with van der Waals surface area (Å²) in [6.07, 6.45) is -1.97.